The summed E-state index contributed by atoms with van der Waals surface area (Å²) in [4.78, 5) is 0. The molecule has 0 fully saturated rings. The molecule has 0 aliphatic carbocycles. The first-order chi connectivity index (χ1) is 9.38. The summed E-state index contributed by atoms with van der Waals surface area (Å²) in [5.41, 5.74) is 1.23. The molecule has 0 spiro atoms. The van der Waals surface area contributed by atoms with Crippen LogP contribution in [0.15, 0.2) is 24.3 Å². The molecule has 2 aromatic rings. The molecule has 1 aromatic heterocycles. The number of nitrogens with one attached hydrogen (secondary N) is 1. The van der Waals surface area contributed by atoms with E-state index in [-0.39, 0.29) is 5.92 Å². The van der Waals surface area contributed by atoms with Crippen molar-refractivity contribution in [2.75, 3.05) is 13.2 Å². The Labute approximate surface area is 116 Å². The largest absolute Gasteiger partial charge is 0.492 e. The van der Waals surface area contributed by atoms with Gasteiger partial charge >= 0.3 is 0 Å². The van der Waals surface area contributed by atoms with Gasteiger partial charge in [-0.15, -0.1) is 10.2 Å². The Hall–Kier alpha value is -1.46. The van der Waals surface area contributed by atoms with E-state index in [1.54, 1.807) is 11.3 Å². The van der Waals surface area contributed by atoms with Crippen LogP contribution in [0.25, 0.3) is 0 Å². The van der Waals surface area contributed by atoms with Gasteiger partial charge in [0.2, 0.25) is 0 Å². The van der Waals surface area contributed by atoms with Crippen molar-refractivity contribution < 1.29 is 4.74 Å². The Kier molecular flexibility index (Phi) is 3.75. The van der Waals surface area contributed by atoms with E-state index in [1.165, 1.54) is 5.56 Å². The van der Waals surface area contributed by atoms with Crippen molar-refractivity contribution in [2.45, 2.75) is 25.8 Å². The van der Waals surface area contributed by atoms with Crippen LogP contribution >= 0.6 is 11.3 Å². The van der Waals surface area contributed by atoms with Crippen LogP contribution in [0.2, 0.25) is 0 Å². The number of nitrogens with zero attached hydrogens (tertiary/aromatic N) is 2. The average molecular weight is 275 g/mol. The van der Waals surface area contributed by atoms with Gasteiger partial charge in [-0.05, 0) is 19.0 Å². The van der Waals surface area contributed by atoms with E-state index < -0.39 is 0 Å². The molecule has 0 bridgehead atoms. The van der Waals surface area contributed by atoms with E-state index in [9.17, 15) is 0 Å². The number of ether oxygens (including phenoxy) is 1. The predicted molar refractivity (Wildman–Crippen MR) is 75.7 cm³/mol. The standard InChI is InChI=1S/C14H17N3OS/c1-2-7-15-8-13-16-17-14(19-13)11-9-18-12-6-4-3-5-10(11)12/h3-6,11,15H,2,7-9H2,1H3. The summed E-state index contributed by atoms with van der Waals surface area (Å²) < 4.78 is 5.70. The van der Waals surface area contributed by atoms with Crippen LogP contribution in [0.4, 0.5) is 0 Å². The zero-order chi connectivity index (χ0) is 13.1. The Morgan fingerprint density at radius 1 is 1.37 bits per heavy atom. The van der Waals surface area contributed by atoms with Gasteiger partial charge in [0.25, 0.3) is 0 Å². The third-order valence-corrected chi connectivity index (χ3v) is 4.22. The van der Waals surface area contributed by atoms with Crippen LogP contribution in [0, 0.1) is 0 Å². The van der Waals surface area contributed by atoms with E-state index in [0.717, 1.165) is 35.3 Å². The normalized spacial score (nSPS) is 17.2. The zero-order valence-electron chi connectivity index (χ0n) is 10.9. The van der Waals surface area contributed by atoms with Gasteiger partial charge in [0, 0.05) is 12.1 Å². The molecule has 1 aromatic carbocycles. The number of para-hydroxylation sites is 1. The maximum Gasteiger partial charge on any atom is 0.131 e. The fraction of sp³-hybridized carbons (Fsp3) is 0.429. The Balaban J connectivity index is 1.74. The second-order valence-corrected chi connectivity index (χ2v) is 5.71. The average Bonchev–Trinajstić information content (AvgIpc) is 3.05. The molecule has 5 heteroatoms. The highest BCUT2D eigenvalue weighted by molar-refractivity contribution is 7.11. The Bertz CT molecular complexity index is 555. The van der Waals surface area contributed by atoms with Crippen LogP contribution in [0.3, 0.4) is 0 Å². The molecule has 1 atom stereocenters. The van der Waals surface area contributed by atoms with E-state index in [2.05, 4.69) is 28.5 Å². The second kappa shape index (κ2) is 5.67. The molecule has 3 rings (SSSR count). The molecule has 100 valence electrons. The minimum Gasteiger partial charge on any atom is -0.492 e. The lowest BCUT2D eigenvalue weighted by molar-refractivity contribution is 0.342. The highest BCUT2D eigenvalue weighted by Gasteiger charge is 2.28. The molecule has 19 heavy (non-hydrogen) atoms. The summed E-state index contributed by atoms with van der Waals surface area (Å²) in [6.45, 7) is 4.66. The van der Waals surface area contributed by atoms with E-state index in [1.807, 2.05) is 18.2 Å². The van der Waals surface area contributed by atoms with Crippen LogP contribution < -0.4 is 10.1 Å². The third kappa shape index (κ3) is 2.62. The van der Waals surface area contributed by atoms with Crippen LogP contribution in [0.1, 0.15) is 34.8 Å². The monoisotopic (exact) mass is 275 g/mol. The van der Waals surface area contributed by atoms with E-state index >= 15 is 0 Å². The third-order valence-electron chi connectivity index (χ3n) is 3.18. The molecule has 1 aliphatic rings. The summed E-state index contributed by atoms with van der Waals surface area (Å²) in [5, 5.41) is 14.0. The number of fused-ring (bicyclic) bond motifs is 1. The summed E-state index contributed by atoms with van der Waals surface area (Å²) in [6.07, 6.45) is 1.13. The quantitative estimate of drug-likeness (QED) is 0.852. The van der Waals surface area contributed by atoms with E-state index in [4.69, 9.17) is 4.74 Å². The molecule has 4 nitrogen and oxygen atoms in total. The molecule has 0 amide bonds. The lowest BCUT2D eigenvalue weighted by atomic mass is 10.0. The van der Waals surface area contributed by atoms with Crippen molar-refractivity contribution in [3.63, 3.8) is 0 Å². The van der Waals surface area contributed by atoms with Gasteiger partial charge in [-0.1, -0.05) is 36.5 Å². The number of rotatable bonds is 5. The van der Waals surface area contributed by atoms with Gasteiger partial charge in [-0.2, -0.15) is 0 Å². The highest BCUT2D eigenvalue weighted by atomic mass is 32.1. The summed E-state index contributed by atoms with van der Waals surface area (Å²) in [7, 11) is 0. The molecule has 1 unspecified atom stereocenters. The van der Waals surface area contributed by atoms with Crippen molar-refractivity contribution in [2.24, 2.45) is 0 Å². The number of benzene rings is 1. The van der Waals surface area contributed by atoms with Crippen molar-refractivity contribution in [3.8, 4) is 5.75 Å². The van der Waals surface area contributed by atoms with Gasteiger partial charge in [0.15, 0.2) is 0 Å². The lowest BCUT2D eigenvalue weighted by Crippen LogP contribution is -2.13. The number of hydrogen-bond acceptors (Lipinski definition) is 5. The Morgan fingerprint density at radius 2 is 2.26 bits per heavy atom. The van der Waals surface area contributed by atoms with Gasteiger partial charge in [-0.25, -0.2) is 0 Å². The first-order valence-corrected chi connectivity index (χ1v) is 7.45. The minimum absolute atomic E-state index is 0.244. The van der Waals surface area contributed by atoms with Gasteiger partial charge in [0.05, 0.1) is 5.92 Å². The molecular weight excluding hydrogens is 258 g/mol. The molecule has 2 heterocycles. The fourth-order valence-corrected chi connectivity index (χ4v) is 3.13. The molecule has 0 saturated carbocycles. The Morgan fingerprint density at radius 3 is 3.16 bits per heavy atom. The molecule has 0 saturated heterocycles. The SMILES string of the molecule is CCCNCc1nnc(C2COc3ccccc32)s1. The predicted octanol–water partition coefficient (Wildman–Crippen LogP) is 2.56. The van der Waals surface area contributed by atoms with Crippen molar-refractivity contribution in [1.29, 1.82) is 0 Å². The summed E-state index contributed by atoms with van der Waals surface area (Å²) in [6, 6.07) is 8.18. The smallest absolute Gasteiger partial charge is 0.131 e. The van der Waals surface area contributed by atoms with Crippen LogP contribution in [-0.2, 0) is 6.54 Å². The minimum atomic E-state index is 0.244. The molecule has 0 radical (unpaired) electrons. The molecule has 1 N–H and O–H groups in total. The van der Waals surface area contributed by atoms with Gasteiger partial charge < -0.3 is 10.1 Å². The zero-order valence-corrected chi connectivity index (χ0v) is 11.7. The topological polar surface area (TPSA) is 47.0 Å². The fourth-order valence-electron chi connectivity index (χ4n) is 2.22. The lowest BCUT2D eigenvalue weighted by Gasteiger charge is -2.02. The second-order valence-electron chi connectivity index (χ2n) is 4.61. The summed E-state index contributed by atoms with van der Waals surface area (Å²) in [5.74, 6) is 1.22. The molecule has 1 aliphatic heterocycles. The maximum absolute atomic E-state index is 5.70. The van der Waals surface area contributed by atoms with Gasteiger partial charge in [0.1, 0.15) is 22.4 Å². The first kappa shape index (κ1) is 12.6. The van der Waals surface area contributed by atoms with Crippen LogP contribution in [0.5, 0.6) is 5.75 Å². The van der Waals surface area contributed by atoms with Crippen LogP contribution in [-0.4, -0.2) is 23.3 Å². The van der Waals surface area contributed by atoms with E-state index in [0.29, 0.717) is 6.61 Å². The number of hydrogen-bond donors (Lipinski definition) is 1. The summed E-state index contributed by atoms with van der Waals surface area (Å²) >= 11 is 1.68. The molecular formula is C14H17N3OS. The maximum atomic E-state index is 5.70. The van der Waals surface area contributed by atoms with Crippen molar-refractivity contribution in [1.82, 2.24) is 15.5 Å². The first-order valence-electron chi connectivity index (χ1n) is 6.63. The highest BCUT2D eigenvalue weighted by Crippen LogP contribution is 2.38. The van der Waals surface area contributed by atoms with Gasteiger partial charge in [-0.3, -0.25) is 0 Å². The van der Waals surface area contributed by atoms with Crippen molar-refractivity contribution in [3.05, 3.63) is 39.8 Å². The van der Waals surface area contributed by atoms with Crippen molar-refractivity contribution >= 4 is 11.3 Å². The number of aromatic nitrogens is 2.